The van der Waals surface area contributed by atoms with Crippen molar-refractivity contribution >= 4 is 29.1 Å². The first kappa shape index (κ1) is 19.3. The van der Waals surface area contributed by atoms with Gasteiger partial charge in [-0.15, -0.1) is 23.1 Å². The van der Waals surface area contributed by atoms with Crippen molar-refractivity contribution in [3.63, 3.8) is 0 Å². The van der Waals surface area contributed by atoms with E-state index in [2.05, 4.69) is 28.9 Å². The highest BCUT2D eigenvalue weighted by Crippen LogP contribution is 2.45. The third kappa shape index (κ3) is 5.02. The van der Waals surface area contributed by atoms with Gasteiger partial charge in [0, 0.05) is 24.3 Å². The van der Waals surface area contributed by atoms with E-state index in [1.807, 2.05) is 30.8 Å². The molecule has 2 heterocycles. The van der Waals surface area contributed by atoms with E-state index >= 15 is 0 Å². The topological polar surface area (TPSA) is 47.6 Å². The van der Waals surface area contributed by atoms with Crippen LogP contribution in [-0.2, 0) is 16.1 Å². The van der Waals surface area contributed by atoms with Gasteiger partial charge < -0.3 is 14.8 Å². The Hall–Kier alpha value is -1.50. The Morgan fingerprint density at radius 1 is 1.27 bits per heavy atom. The SMILES string of the molecule is CCOC(=O)CCC1CC(NCc2ccc(OC)cc2)c2ccsc2S1. The number of benzene rings is 1. The lowest BCUT2D eigenvalue weighted by Crippen LogP contribution is -2.27. The largest absolute Gasteiger partial charge is 0.497 e. The Balaban J connectivity index is 1.59. The Bertz CT molecular complexity index is 714. The minimum Gasteiger partial charge on any atom is -0.497 e. The maximum Gasteiger partial charge on any atom is 0.305 e. The Morgan fingerprint density at radius 2 is 2.08 bits per heavy atom. The zero-order valence-electron chi connectivity index (χ0n) is 15.2. The summed E-state index contributed by atoms with van der Waals surface area (Å²) in [5.41, 5.74) is 2.63. The Kier molecular flexibility index (Phi) is 7.00. The van der Waals surface area contributed by atoms with E-state index in [0.717, 1.165) is 25.1 Å². The highest BCUT2D eigenvalue weighted by molar-refractivity contribution is 8.01. The third-order valence-electron chi connectivity index (χ3n) is 4.49. The van der Waals surface area contributed by atoms with Gasteiger partial charge in [-0.2, -0.15) is 0 Å². The summed E-state index contributed by atoms with van der Waals surface area (Å²) in [6.45, 7) is 3.13. The summed E-state index contributed by atoms with van der Waals surface area (Å²) < 4.78 is 11.7. The molecule has 0 saturated carbocycles. The van der Waals surface area contributed by atoms with Crippen molar-refractivity contribution in [2.45, 2.75) is 48.2 Å². The molecule has 1 aliphatic heterocycles. The minimum absolute atomic E-state index is 0.0900. The molecular weight excluding hydrogens is 366 g/mol. The maximum atomic E-state index is 11.7. The van der Waals surface area contributed by atoms with Crippen molar-refractivity contribution in [1.29, 1.82) is 0 Å². The monoisotopic (exact) mass is 391 g/mol. The number of hydrogen-bond donors (Lipinski definition) is 1. The molecule has 1 aliphatic rings. The summed E-state index contributed by atoms with van der Waals surface area (Å²) in [5, 5.41) is 6.30. The minimum atomic E-state index is -0.0900. The second kappa shape index (κ2) is 9.44. The van der Waals surface area contributed by atoms with Crippen LogP contribution in [0.1, 0.15) is 43.4 Å². The van der Waals surface area contributed by atoms with Gasteiger partial charge in [0.1, 0.15) is 5.75 Å². The maximum absolute atomic E-state index is 11.7. The average molecular weight is 392 g/mol. The lowest BCUT2D eigenvalue weighted by atomic mass is 10.0. The van der Waals surface area contributed by atoms with Crippen LogP contribution in [0, 0.1) is 0 Å². The van der Waals surface area contributed by atoms with E-state index in [1.165, 1.54) is 15.3 Å². The predicted molar refractivity (Wildman–Crippen MR) is 107 cm³/mol. The quantitative estimate of drug-likeness (QED) is 0.655. The van der Waals surface area contributed by atoms with Gasteiger partial charge in [-0.25, -0.2) is 0 Å². The van der Waals surface area contributed by atoms with E-state index in [0.29, 0.717) is 24.3 Å². The van der Waals surface area contributed by atoms with Crippen LogP contribution in [0.4, 0.5) is 0 Å². The fraction of sp³-hybridized carbons (Fsp3) is 0.450. The van der Waals surface area contributed by atoms with Crippen LogP contribution < -0.4 is 10.1 Å². The predicted octanol–water partition coefficient (Wildman–Crippen LogP) is 4.80. The molecule has 3 rings (SSSR count). The molecule has 1 aromatic carbocycles. The summed E-state index contributed by atoms with van der Waals surface area (Å²) in [4.78, 5) is 11.7. The number of hydrogen-bond acceptors (Lipinski definition) is 6. The number of carbonyl (C=O) groups is 1. The van der Waals surface area contributed by atoms with Crippen LogP contribution in [0.15, 0.2) is 39.9 Å². The second-order valence-electron chi connectivity index (χ2n) is 6.26. The number of thioether (sulfide) groups is 1. The first-order chi connectivity index (χ1) is 12.7. The van der Waals surface area contributed by atoms with Gasteiger partial charge in [-0.1, -0.05) is 12.1 Å². The van der Waals surface area contributed by atoms with E-state index in [1.54, 1.807) is 18.4 Å². The standard InChI is InChI=1S/C20H25NO3S2/c1-3-24-19(22)9-8-16-12-18(17-10-11-25-20(17)26-16)21-13-14-4-6-15(23-2)7-5-14/h4-7,10-11,16,18,21H,3,8-9,12-13H2,1-2H3. The molecule has 2 atom stereocenters. The van der Waals surface area contributed by atoms with Crippen molar-refractivity contribution < 1.29 is 14.3 Å². The first-order valence-electron chi connectivity index (χ1n) is 8.95. The number of rotatable bonds is 8. The fourth-order valence-electron chi connectivity index (χ4n) is 3.12. The summed E-state index contributed by atoms with van der Waals surface area (Å²) in [5.74, 6) is 0.787. The molecule has 6 heteroatoms. The molecule has 0 bridgehead atoms. The van der Waals surface area contributed by atoms with Crippen molar-refractivity contribution in [3.8, 4) is 5.75 Å². The number of thiophene rings is 1. The van der Waals surface area contributed by atoms with Gasteiger partial charge in [0.25, 0.3) is 0 Å². The molecule has 140 valence electrons. The highest BCUT2D eigenvalue weighted by Gasteiger charge is 2.28. The Labute approximate surface area is 163 Å². The summed E-state index contributed by atoms with van der Waals surface area (Å²) in [7, 11) is 1.68. The second-order valence-corrected chi connectivity index (χ2v) is 8.75. The van der Waals surface area contributed by atoms with Gasteiger partial charge in [0.2, 0.25) is 0 Å². The summed E-state index contributed by atoms with van der Waals surface area (Å²) in [6, 6.07) is 10.7. The molecule has 1 N–H and O–H groups in total. The lowest BCUT2D eigenvalue weighted by Gasteiger charge is -2.29. The molecule has 2 aromatic rings. The fourth-order valence-corrected chi connectivity index (χ4v) is 5.77. The van der Waals surface area contributed by atoms with E-state index in [-0.39, 0.29) is 5.97 Å². The highest BCUT2D eigenvalue weighted by atomic mass is 32.2. The summed E-state index contributed by atoms with van der Waals surface area (Å²) >= 11 is 3.70. The van der Waals surface area contributed by atoms with Crippen molar-refractivity contribution in [1.82, 2.24) is 5.32 Å². The van der Waals surface area contributed by atoms with Crippen LogP contribution in [0.25, 0.3) is 0 Å². The van der Waals surface area contributed by atoms with Crippen molar-refractivity contribution in [2.75, 3.05) is 13.7 Å². The zero-order valence-corrected chi connectivity index (χ0v) is 16.8. The zero-order chi connectivity index (χ0) is 18.4. The molecule has 0 aliphatic carbocycles. The molecule has 2 unspecified atom stereocenters. The first-order valence-corrected chi connectivity index (χ1v) is 10.7. The molecular formula is C20H25NO3S2. The lowest BCUT2D eigenvalue weighted by molar-refractivity contribution is -0.143. The van der Waals surface area contributed by atoms with Crippen molar-refractivity contribution in [2.24, 2.45) is 0 Å². The summed E-state index contributed by atoms with van der Waals surface area (Å²) in [6.07, 6.45) is 2.39. The van der Waals surface area contributed by atoms with Crippen LogP contribution in [0.3, 0.4) is 0 Å². The van der Waals surface area contributed by atoms with Crippen molar-refractivity contribution in [3.05, 3.63) is 46.8 Å². The molecule has 0 radical (unpaired) electrons. The van der Waals surface area contributed by atoms with E-state index in [4.69, 9.17) is 9.47 Å². The number of ether oxygens (including phenoxy) is 2. The number of esters is 1. The van der Waals surface area contributed by atoms with Crippen LogP contribution in [0.5, 0.6) is 5.75 Å². The molecule has 0 amide bonds. The normalized spacial score (nSPS) is 19.0. The number of nitrogens with one attached hydrogen (secondary N) is 1. The molecule has 26 heavy (non-hydrogen) atoms. The van der Waals surface area contributed by atoms with Gasteiger partial charge in [-0.05, 0) is 54.5 Å². The smallest absolute Gasteiger partial charge is 0.305 e. The van der Waals surface area contributed by atoms with E-state index in [9.17, 15) is 4.79 Å². The molecule has 4 nitrogen and oxygen atoms in total. The van der Waals surface area contributed by atoms with E-state index < -0.39 is 0 Å². The van der Waals surface area contributed by atoms with Crippen LogP contribution in [0.2, 0.25) is 0 Å². The molecule has 0 spiro atoms. The molecule has 0 fully saturated rings. The van der Waals surface area contributed by atoms with Crippen LogP contribution in [-0.4, -0.2) is 24.9 Å². The molecule has 0 saturated heterocycles. The molecule has 1 aromatic heterocycles. The number of methoxy groups -OCH3 is 1. The number of fused-ring (bicyclic) bond motifs is 1. The van der Waals surface area contributed by atoms with Crippen LogP contribution >= 0.6 is 23.1 Å². The Morgan fingerprint density at radius 3 is 2.81 bits per heavy atom. The van der Waals surface area contributed by atoms with Gasteiger partial charge in [0.15, 0.2) is 0 Å². The number of carbonyl (C=O) groups excluding carboxylic acids is 1. The van der Waals surface area contributed by atoms with Gasteiger partial charge >= 0.3 is 5.97 Å². The average Bonchev–Trinajstić information content (AvgIpc) is 3.14. The van der Waals surface area contributed by atoms with Gasteiger partial charge in [-0.3, -0.25) is 4.79 Å². The van der Waals surface area contributed by atoms with Gasteiger partial charge in [0.05, 0.1) is 17.9 Å². The third-order valence-corrected chi connectivity index (χ3v) is 7.00.